The molecule has 2 nitrogen and oxygen atoms in total. The third kappa shape index (κ3) is 4.44. The van der Waals surface area contributed by atoms with Crippen molar-refractivity contribution in [1.82, 2.24) is 5.32 Å². The number of halogens is 1. The van der Waals surface area contributed by atoms with Gasteiger partial charge in [-0.3, -0.25) is 0 Å². The van der Waals surface area contributed by atoms with Crippen LogP contribution in [0, 0.1) is 12.7 Å². The van der Waals surface area contributed by atoms with Crippen LogP contribution in [0.5, 0.6) is 0 Å². The molecule has 0 amide bonds. The molecular formula is C14H22FNO. The van der Waals surface area contributed by atoms with Gasteiger partial charge < -0.3 is 10.1 Å². The second-order valence-electron chi connectivity index (χ2n) is 4.25. The summed E-state index contributed by atoms with van der Waals surface area (Å²) in [6, 6.07) is 5.49. The standard InChI is InChI=1S/C14H22FNO/c1-4-8-17-9-7-14(16-3)12-5-6-13(15)11(2)10-12/h5-6,10,14,16H,4,7-9H2,1-3H3. The largest absolute Gasteiger partial charge is 0.381 e. The van der Waals surface area contributed by atoms with E-state index < -0.39 is 0 Å². The van der Waals surface area contributed by atoms with Gasteiger partial charge in [0.15, 0.2) is 0 Å². The molecule has 17 heavy (non-hydrogen) atoms. The third-order valence-electron chi connectivity index (χ3n) is 2.83. The number of benzene rings is 1. The van der Waals surface area contributed by atoms with E-state index in [2.05, 4.69) is 12.2 Å². The zero-order chi connectivity index (χ0) is 12.7. The number of ether oxygens (including phenoxy) is 1. The first-order valence-electron chi connectivity index (χ1n) is 6.20. The second kappa shape index (κ2) is 7.41. The first kappa shape index (κ1) is 14.1. The van der Waals surface area contributed by atoms with Crippen molar-refractivity contribution < 1.29 is 9.13 Å². The van der Waals surface area contributed by atoms with Gasteiger partial charge in [-0.1, -0.05) is 19.1 Å². The van der Waals surface area contributed by atoms with E-state index in [9.17, 15) is 4.39 Å². The number of hydrogen-bond donors (Lipinski definition) is 1. The number of hydrogen-bond acceptors (Lipinski definition) is 2. The predicted molar refractivity (Wildman–Crippen MR) is 68.7 cm³/mol. The molecule has 0 saturated heterocycles. The van der Waals surface area contributed by atoms with Crippen LogP contribution in [0.4, 0.5) is 4.39 Å². The van der Waals surface area contributed by atoms with Gasteiger partial charge in [-0.25, -0.2) is 4.39 Å². The van der Waals surface area contributed by atoms with Crippen molar-refractivity contribution in [1.29, 1.82) is 0 Å². The Morgan fingerprint density at radius 1 is 1.35 bits per heavy atom. The lowest BCUT2D eigenvalue weighted by atomic mass is 10.0. The van der Waals surface area contributed by atoms with Gasteiger partial charge >= 0.3 is 0 Å². The molecule has 3 heteroatoms. The van der Waals surface area contributed by atoms with Crippen molar-refractivity contribution in [2.45, 2.75) is 32.7 Å². The van der Waals surface area contributed by atoms with E-state index >= 15 is 0 Å². The summed E-state index contributed by atoms with van der Waals surface area (Å²) in [6.45, 7) is 5.42. The maximum absolute atomic E-state index is 13.2. The number of aryl methyl sites for hydroxylation is 1. The average molecular weight is 239 g/mol. The molecule has 96 valence electrons. The zero-order valence-corrected chi connectivity index (χ0v) is 10.9. The Labute approximate surface area is 103 Å². The molecule has 0 spiro atoms. The Kier molecular flexibility index (Phi) is 6.16. The first-order chi connectivity index (χ1) is 8.19. The van der Waals surface area contributed by atoms with Gasteiger partial charge in [0.05, 0.1) is 0 Å². The molecule has 0 bridgehead atoms. The van der Waals surface area contributed by atoms with Gasteiger partial charge in [-0.15, -0.1) is 0 Å². The van der Waals surface area contributed by atoms with E-state index in [1.807, 2.05) is 19.2 Å². The van der Waals surface area contributed by atoms with E-state index in [1.54, 1.807) is 6.92 Å². The molecule has 1 aromatic carbocycles. The summed E-state index contributed by atoms with van der Waals surface area (Å²) in [6.07, 6.45) is 1.95. The summed E-state index contributed by atoms with van der Waals surface area (Å²) in [7, 11) is 1.92. The van der Waals surface area contributed by atoms with E-state index in [-0.39, 0.29) is 11.9 Å². The maximum Gasteiger partial charge on any atom is 0.126 e. The summed E-state index contributed by atoms with van der Waals surface area (Å²) in [5, 5.41) is 3.24. The van der Waals surface area contributed by atoms with Crippen LogP contribution in [-0.2, 0) is 4.74 Å². The molecule has 0 aliphatic carbocycles. The van der Waals surface area contributed by atoms with Gasteiger partial charge in [0.25, 0.3) is 0 Å². The van der Waals surface area contributed by atoms with Gasteiger partial charge in [-0.05, 0) is 44.0 Å². The predicted octanol–water partition coefficient (Wildman–Crippen LogP) is 3.21. The quantitative estimate of drug-likeness (QED) is 0.738. The van der Waals surface area contributed by atoms with Gasteiger partial charge in [0.1, 0.15) is 5.82 Å². The highest BCUT2D eigenvalue weighted by atomic mass is 19.1. The van der Waals surface area contributed by atoms with Crippen LogP contribution in [0.1, 0.15) is 36.9 Å². The monoisotopic (exact) mass is 239 g/mol. The average Bonchev–Trinajstić information content (AvgIpc) is 2.33. The fourth-order valence-corrected chi connectivity index (χ4v) is 1.81. The third-order valence-corrected chi connectivity index (χ3v) is 2.83. The molecule has 0 radical (unpaired) electrons. The Morgan fingerprint density at radius 3 is 2.71 bits per heavy atom. The van der Waals surface area contributed by atoms with Crippen molar-refractivity contribution in [3.05, 3.63) is 35.1 Å². The smallest absolute Gasteiger partial charge is 0.126 e. The molecule has 1 atom stereocenters. The van der Waals surface area contributed by atoms with Crippen LogP contribution >= 0.6 is 0 Å². The normalized spacial score (nSPS) is 12.7. The van der Waals surface area contributed by atoms with Crippen LogP contribution in [0.25, 0.3) is 0 Å². The second-order valence-corrected chi connectivity index (χ2v) is 4.25. The van der Waals surface area contributed by atoms with E-state index in [4.69, 9.17) is 4.74 Å². The van der Waals surface area contributed by atoms with Crippen LogP contribution in [0.3, 0.4) is 0 Å². The zero-order valence-electron chi connectivity index (χ0n) is 10.9. The van der Waals surface area contributed by atoms with Crippen molar-refractivity contribution in [3.8, 4) is 0 Å². The van der Waals surface area contributed by atoms with Crippen molar-refractivity contribution in [2.75, 3.05) is 20.3 Å². The molecule has 0 heterocycles. The Hall–Kier alpha value is -0.930. The molecule has 0 saturated carbocycles. The molecule has 1 unspecified atom stereocenters. The topological polar surface area (TPSA) is 21.3 Å². The van der Waals surface area contributed by atoms with E-state index in [0.717, 1.165) is 31.6 Å². The summed E-state index contributed by atoms with van der Waals surface area (Å²) < 4.78 is 18.6. The fraction of sp³-hybridized carbons (Fsp3) is 0.571. The van der Waals surface area contributed by atoms with Crippen molar-refractivity contribution in [2.24, 2.45) is 0 Å². The minimum Gasteiger partial charge on any atom is -0.381 e. The highest BCUT2D eigenvalue weighted by Gasteiger charge is 2.10. The maximum atomic E-state index is 13.2. The molecule has 1 rings (SSSR count). The highest BCUT2D eigenvalue weighted by molar-refractivity contribution is 5.26. The fourth-order valence-electron chi connectivity index (χ4n) is 1.81. The summed E-state index contributed by atoms with van der Waals surface area (Å²) in [5.41, 5.74) is 1.81. The van der Waals surface area contributed by atoms with Crippen molar-refractivity contribution in [3.63, 3.8) is 0 Å². The van der Waals surface area contributed by atoms with E-state index in [0.29, 0.717) is 5.56 Å². The lowest BCUT2D eigenvalue weighted by Crippen LogP contribution is -2.18. The molecule has 1 aromatic rings. The van der Waals surface area contributed by atoms with Crippen LogP contribution in [0.15, 0.2) is 18.2 Å². The van der Waals surface area contributed by atoms with Gasteiger partial charge in [0, 0.05) is 19.3 Å². The molecule has 0 aliphatic rings. The molecule has 1 N–H and O–H groups in total. The van der Waals surface area contributed by atoms with Gasteiger partial charge in [-0.2, -0.15) is 0 Å². The Morgan fingerprint density at radius 2 is 2.12 bits per heavy atom. The molecule has 0 aliphatic heterocycles. The lowest BCUT2D eigenvalue weighted by Gasteiger charge is -2.17. The van der Waals surface area contributed by atoms with E-state index in [1.165, 1.54) is 6.07 Å². The van der Waals surface area contributed by atoms with Crippen molar-refractivity contribution >= 4 is 0 Å². The summed E-state index contributed by atoms with van der Waals surface area (Å²) >= 11 is 0. The highest BCUT2D eigenvalue weighted by Crippen LogP contribution is 2.19. The van der Waals surface area contributed by atoms with Gasteiger partial charge in [0.2, 0.25) is 0 Å². The molecule has 0 fully saturated rings. The Bertz CT molecular complexity index is 341. The summed E-state index contributed by atoms with van der Waals surface area (Å²) in [5.74, 6) is -0.147. The minimum atomic E-state index is -0.147. The van der Waals surface area contributed by atoms with Crippen LogP contribution in [0.2, 0.25) is 0 Å². The van der Waals surface area contributed by atoms with Crippen LogP contribution < -0.4 is 5.32 Å². The lowest BCUT2D eigenvalue weighted by molar-refractivity contribution is 0.125. The first-order valence-corrected chi connectivity index (χ1v) is 6.20. The molecule has 0 aromatic heterocycles. The minimum absolute atomic E-state index is 0.147. The number of nitrogens with one attached hydrogen (secondary N) is 1. The van der Waals surface area contributed by atoms with Crippen LogP contribution in [-0.4, -0.2) is 20.3 Å². The summed E-state index contributed by atoms with van der Waals surface area (Å²) in [4.78, 5) is 0. The SMILES string of the molecule is CCCOCCC(NC)c1ccc(F)c(C)c1. The number of rotatable bonds is 7. The molecular weight excluding hydrogens is 217 g/mol. The Balaban J connectivity index is 2.56.